The Bertz CT molecular complexity index is 173. The highest BCUT2D eigenvalue weighted by Crippen LogP contribution is 2.06. The fourth-order valence-electron chi connectivity index (χ4n) is 0.921. The van der Waals surface area contributed by atoms with Crippen LogP contribution in [0.3, 0.4) is 0 Å². The average molecular weight is 173 g/mol. The van der Waals surface area contributed by atoms with Crippen molar-refractivity contribution in [1.29, 1.82) is 0 Å². The van der Waals surface area contributed by atoms with Gasteiger partial charge < -0.3 is 14.6 Å². The van der Waals surface area contributed by atoms with Crippen LogP contribution in [0.1, 0.15) is 0 Å². The van der Waals surface area contributed by atoms with E-state index in [9.17, 15) is 0 Å². The second-order valence-electron chi connectivity index (χ2n) is 2.51. The molecule has 0 amide bonds. The zero-order chi connectivity index (χ0) is 8.81. The van der Waals surface area contributed by atoms with Gasteiger partial charge in [0.2, 0.25) is 0 Å². The van der Waals surface area contributed by atoms with Crippen LogP contribution in [0.15, 0.2) is 5.11 Å². The second-order valence-corrected chi connectivity index (χ2v) is 2.51. The Kier molecular flexibility index (Phi) is 3.83. The summed E-state index contributed by atoms with van der Waals surface area (Å²) in [5.74, 6) is 0. The van der Waals surface area contributed by atoms with Gasteiger partial charge >= 0.3 is 0 Å². The first-order chi connectivity index (χ1) is 5.86. The summed E-state index contributed by atoms with van der Waals surface area (Å²) in [5.41, 5.74) is 8.02. The summed E-state index contributed by atoms with van der Waals surface area (Å²) < 4.78 is 10.4. The molecule has 0 saturated carbocycles. The first kappa shape index (κ1) is 9.28. The van der Waals surface area contributed by atoms with Crippen molar-refractivity contribution in [2.45, 2.75) is 12.2 Å². The van der Waals surface area contributed by atoms with E-state index in [-0.39, 0.29) is 25.4 Å². The fourth-order valence-corrected chi connectivity index (χ4v) is 0.921. The van der Waals surface area contributed by atoms with Gasteiger partial charge in [0, 0.05) is 4.91 Å². The summed E-state index contributed by atoms with van der Waals surface area (Å²) in [6, 6.07) is 0. The lowest BCUT2D eigenvalue weighted by Crippen LogP contribution is -2.38. The average Bonchev–Trinajstić information content (AvgIpc) is 2.15. The largest absolute Gasteiger partial charge is 0.394 e. The predicted molar refractivity (Wildman–Crippen MR) is 40.6 cm³/mol. The minimum absolute atomic E-state index is 0.0335. The highest BCUT2D eigenvalue weighted by molar-refractivity contribution is 4.69. The highest BCUT2D eigenvalue weighted by Gasteiger charge is 2.20. The molecule has 0 radical (unpaired) electrons. The Labute approximate surface area is 69.7 Å². The third-order valence-electron chi connectivity index (χ3n) is 1.59. The topological polar surface area (TPSA) is 87.5 Å². The van der Waals surface area contributed by atoms with Crippen molar-refractivity contribution in [3.8, 4) is 0 Å². The van der Waals surface area contributed by atoms with Gasteiger partial charge in [0.05, 0.1) is 32.5 Å². The normalized spacial score (nSPS) is 29.4. The van der Waals surface area contributed by atoms with E-state index in [1.165, 1.54) is 0 Å². The molecule has 0 aromatic heterocycles. The van der Waals surface area contributed by atoms with Crippen molar-refractivity contribution in [3.05, 3.63) is 10.4 Å². The first-order valence-corrected chi connectivity index (χ1v) is 3.71. The molecule has 0 aromatic carbocycles. The van der Waals surface area contributed by atoms with E-state index in [0.717, 1.165) is 0 Å². The Hall–Kier alpha value is -0.810. The molecule has 1 heterocycles. The number of aliphatic hydroxyl groups excluding tert-OH is 1. The maximum absolute atomic E-state index is 8.67. The van der Waals surface area contributed by atoms with E-state index in [0.29, 0.717) is 13.2 Å². The van der Waals surface area contributed by atoms with E-state index < -0.39 is 0 Å². The van der Waals surface area contributed by atoms with Crippen LogP contribution in [0.4, 0.5) is 0 Å². The minimum atomic E-state index is -0.229. The molecule has 0 spiro atoms. The summed E-state index contributed by atoms with van der Waals surface area (Å²) in [7, 11) is 0. The van der Waals surface area contributed by atoms with Crippen LogP contribution < -0.4 is 0 Å². The molecule has 1 aliphatic rings. The summed E-state index contributed by atoms with van der Waals surface area (Å²) in [6.45, 7) is 0.995. The lowest BCUT2D eigenvalue weighted by molar-refractivity contribution is -0.141. The number of hydrogen-bond donors (Lipinski definition) is 1. The first-order valence-electron chi connectivity index (χ1n) is 3.71. The van der Waals surface area contributed by atoms with Crippen molar-refractivity contribution in [3.63, 3.8) is 0 Å². The van der Waals surface area contributed by atoms with Crippen LogP contribution >= 0.6 is 0 Å². The fraction of sp³-hybridized carbons (Fsp3) is 1.00. The van der Waals surface area contributed by atoms with Crippen LogP contribution in [0.25, 0.3) is 10.4 Å². The standard InChI is InChI=1S/C6H11N3O3/c7-9-8-1-5-3-12-6(2-10)4-11-5/h5-6,10H,1-4H2. The van der Waals surface area contributed by atoms with Gasteiger partial charge in [-0.1, -0.05) is 5.11 Å². The maximum atomic E-state index is 8.67. The van der Waals surface area contributed by atoms with Gasteiger partial charge in [0.25, 0.3) is 0 Å². The van der Waals surface area contributed by atoms with Crippen LogP contribution in [-0.4, -0.2) is 43.7 Å². The third kappa shape index (κ3) is 2.67. The van der Waals surface area contributed by atoms with E-state index in [1.54, 1.807) is 0 Å². The SMILES string of the molecule is [N-]=[N+]=NCC1COC(CO)CO1. The summed E-state index contributed by atoms with van der Waals surface area (Å²) in [5, 5.41) is 12.0. The summed E-state index contributed by atoms with van der Waals surface area (Å²) in [4.78, 5) is 2.61. The molecule has 2 atom stereocenters. The number of aliphatic hydroxyl groups is 1. The lowest BCUT2D eigenvalue weighted by Gasteiger charge is -2.27. The Morgan fingerprint density at radius 3 is 2.58 bits per heavy atom. The second kappa shape index (κ2) is 4.95. The van der Waals surface area contributed by atoms with E-state index in [4.69, 9.17) is 20.1 Å². The number of azide groups is 1. The van der Waals surface area contributed by atoms with Gasteiger partial charge in [-0.25, -0.2) is 0 Å². The molecule has 1 aliphatic heterocycles. The number of nitrogens with zero attached hydrogens (tertiary/aromatic N) is 3. The molecule has 2 unspecified atom stereocenters. The van der Waals surface area contributed by atoms with Crippen molar-refractivity contribution < 1.29 is 14.6 Å². The van der Waals surface area contributed by atoms with Gasteiger partial charge in [-0.15, -0.1) is 0 Å². The maximum Gasteiger partial charge on any atom is 0.104 e. The summed E-state index contributed by atoms with van der Waals surface area (Å²) in [6.07, 6.45) is -0.393. The molecular weight excluding hydrogens is 162 g/mol. The molecule has 1 saturated heterocycles. The summed E-state index contributed by atoms with van der Waals surface area (Å²) >= 11 is 0. The van der Waals surface area contributed by atoms with Gasteiger partial charge in [-0.3, -0.25) is 0 Å². The molecule has 1 fully saturated rings. The van der Waals surface area contributed by atoms with Crippen molar-refractivity contribution in [2.75, 3.05) is 26.4 Å². The van der Waals surface area contributed by atoms with E-state index in [2.05, 4.69) is 10.0 Å². The third-order valence-corrected chi connectivity index (χ3v) is 1.59. The quantitative estimate of drug-likeness (QED) is 0.372. The molecular formula is C6H11N3O3. The monoisotopic (exact) mass is 173 g/mol. The Morgan fingerprint density at radius 2 is 2.08 bits per heavy atom. The molecule has 0 aromatic rings. The number of hydrogen-bond acceptors (Lipinski definition) is 4. The zero-order valence-corrected chi connectivity index (χ0v) is 6.59. The highest BCUT2D eigenvalue weighted by atomic mass is 16.6. The van der Waals surface area contributed by atoms with Crippen LogP contribution in [0, 0.1) is 0 Å². The molecule has 12 heavy (non-hydrogen) atoms. The molecule has 1 N–H and O–H groups in total. The molecule has 0 aliphatic carbocycles. The van der Waals surface area contributed by atoms with E-state index >= 15 is 0 Å². The van der Waals surface area contributed by atoms with Gasteiger partial charge in [-0.05, 0) is 5.53 Å². The molecule has 68 valence electrons. The lowest BCUT2D eigenvalue weighted by atomic mass is 10.3. The smallest absolute Gasteiger partial charge is 0.104 e. The molecule has 0 bridgehead atoms. The van der Waals surface area contributed by atoms with Gasteiger partial charge in [0.1, 0.15) is 6.10 Å². The van der Waals surface area contributed by atoms with Crippen molar-refractivity contribution >= 4 is 0 Å². The van der Waals surface area contributed by atoms with Crippen LogP contribution in [-0.2, 0) is 9.47 Å². The van der Waals surface area contributed by atoms with Gasteiger partial charge in [-0.2, -0.15) is 0 Å². The Balaban J connectivity index is 2.21. The zero-order valence-electron chi connectivity index (χ0n) is 6.59. The van der Waals surface area contributed by atoms with E-state index in [1.807, 2.05) is 0 Å². The molecule has 6 heteroatoms. The van der Waals surface area contributed by atoms with Crippen LogP contribution in [0.5, 0.6) is 0 Å². The van der Waals surface area contributed by atoms with Crippen molar-refractivity contribution in [1.82, 2.24) is 0 Å². The molecule has 1 rings (SSSR count). The van der Waals surface area contributed by atoms with Crippen LogP contribution in [0.2, 0.25) is 0 Å². The van der Waals surface area contributed by atoms with Gasteiger partial charge in [0.15, 0.2) is 0 Å². The predicted octanol–water partition coefficient (Wildman–Crippen LogP) is 0.0730. The molecule has 6 nitrogen and oxygen atoms in total. The number of ether oxygens (including phenoxy) is 2. The Morgan fingerprint density at radius 1 is 1.42 bits per heavy atom. The van der Waals surface area contributed by atoms with Crippen molar-refractivity contribution in [2.24, 2.45) is 5.11 Å². The minimum Gasteiger partial charge on any atom is -0.394 e. The number of rotatable bonds is 3.